The smallest absolute Gasteiger partial charge is 0.347 e. The van der Waals surface area contributed by atoms with Crippen LogP contribution in [0.1, 0.15) is 34.3 Å². The van der Waals surface area contributed by atoms with Crippen LogP contribution in [0, 0.1) is 0 Å². The molecule has 24 heavy (non-hydrogen) atoms. The van der Waals surface area contributed by atoms with Crippen molar-refractivity contribution < 1.29 is 28.3 Å². The van der Waals surface area contributed by atoms with E-state index in [0.29, 0.717) is 6.42 Å². The third kappa shape index (κ3) is 3.29. The van der Waals surface area contributed by atoms with Crippen molar-refractivity contribution in [1.29, 1.82) is 0 Å². The van der Waals surface area contributed by atoms with Crippen molar-refractivity contribution in [1.82, 2.24) is 0 Å². The maximum Gasteiger partial charge on any atom is 0.347 e. The molecule has 3 rings (SSSR count). The third-order valence-corrected chi connectivity index (χ3v) is 3.52. The van der Waals surface area contributed by atoms with Crippen LogP contribution in [0.25, 0.3) is 0 Å². The molecule has 1 N–H and O–H groups in total. The second-order valence-electron chi connectivity index (χ2n) is 5.35. The normalized spacial score (nSPS) is 19.6. The molecule has 0 unspecified atom stereocenters. The molecule has 0 saturated carbocycles. The molecule has 0 bridgehead atoms. The number of nitrogens with one attached hydrogen (secondary N) is 1. The summed E-state index contributed by atoms with van der Waals surface area (Å²) in [5.74, 6) is -1.64. The zero-order chi connectivity index (χ0) is 17.1. The van der Waals surface area contributed by atoms with Gasteiger partial charge in [0.25, 0.3) is 5.91 Å². The highest BCUT2D eigenvalue weighted by Gasteiger charge is 2.35. The molecule has 0 aliphatic carbocycles. The zero-order valence-electron chi connectivity index (χ0n) is 12.9. The Morgan fingerprint density at radius 2 is 2.00 bits per heavy atom. The molecule has 0 radical (unpaired) electrons. The lowest BCUT2D eigenvalue weighted by Gasteiger charge is -2.12. The lowest BCUT2D eigenvalue weighted by atomic mass is 10.1. The van der Waals surface area contributed by atoms with Crippen molar-refractivity contribution in [3.63, 3.8) is 0 Å². The van der Waals surface area contributed by atoms with Gasteiger partial charge in [-0.3, -0.25) is 4.79 Å². The van der Waals surface area contributed by atoms with E-state index >= 15 is 0 Å². The van der Waals surface area contributed by atoms with Crippen molar-refractivity contribution in [2.24, 2.45) is 0 Å². The van der Waals surface area contributed by atoms with Crippen LogP contribution in [0.3, 0.4) is 0 Å². The average Bonchev–Trinajstić information content (AvgIpc) is 3.18. The van der Waals surface area contributed by atoms with Crippen LogP contribution >= 0.6 is 0 Å². The van der Waals surface area contributed by atoms with Gasteiger partial charge >= 0.3 is 11.9 Å². The Bertz CT molecular complexity index is 767. The molecule has 2 atom stereocenters. The Morgan fingerprint density at radius 1 is 1.21 bits per heavy atom. The summed E-state index contributed by atoms with van der Waals surface area (Å²) in [6.07, 6.45) is 0.471. The second-order valence-corrected chi connectivity index (χ2v) is 5.35. The predicted molar refractivity (Wildman–Crippen MR) is 82.5 cm³/mol. The van der Waals surface area contributed by atoms with Crippen LogP contribution in [-0.4, -0.2) is 30.1 Å². The van der Waals surface area contributed by atoms with E-state index in [2.05, 4.69) is 5.32 Å². The van der Waals surface area contributed by atoms with E-state index < -0.39 is 23.9 Å². The molecule has 2 aromatic rings. The summed E-state index contributed by atoms with van der Waals surface area (Å²) in [7, 11) is 0. The number of anilines is 1. The van der Waals surface area contributed by atoms with Crippen molar-refractivity contribution >= 4 is 23.5 Å². The number of rotatable bonds is 4. The third-order valence-electron chi connectivity index (χ3n) is 3.52. The summed E-state index contributed by atoms with van der Waals surface area (Å²) in [5.41, 5.74) is 0.410. The predicted octanol–water partition coefficient (Wildman–Crippen LogP) is 2.39. The first-order chi connectivity index (χ1) is 11.5. The highest BCUT2D eigenvalue weighted by Crippen LogP contribution is 2.22. The highest BCUT2D eigenvalue weighted by molar-refractivity contribution is 6.06. The van der Waals surface area contributed by atoms with E-state index in [9.17, 15) is 14.4 Å². The quantitative estimate of drug-likeness (QED) is 0.866. The largest absolute Gasteiger partial charge is 0.460 e. The maximum absolute atomic E-state index is 12.3. The SMILES string of the molecule is C[C@@H]1C[C@@H](OC(=O)c2ccccc2NC(=O)c2ccco2)C(=O)O1. The minimum atomic E-state index is -0.929. The number of carbonyl (C=O) groups is 3. The number of ether oxygens (including phenoxy) is 2. The molecule has 0 spiro atoms. The van der Waals surface area contributed by atoms with Gasteiger partial charge in [0.15, 0.2) is 5.76 Å². The Labute approximate surface area is 137 Å². The average molecular weight is 329 g/mol. The number of furan rings is 1. The fourth-order valence-corrected chi connectivity index (χ4v) is 2.37. The number of hydrogen-bond donors (Lipinski definition) is 1. The number of amides is 1. The number of esters is 2. The summed E-state index contributed by atoms with van der Waals surface area (Å²) in [5, 5.41) is 2.59. The molecule has 7 heteroatoms. The van der Waals surface area contributed by atoms with Crippen LogP contribution in [0.5, 0.6) is 0 Å². The molecule has 7 nitrogen and oxygen atoms in total. The summed E-state index contributed by atoms with van der Waals surface area (Å²) >= 11 is 0. The molecule has 1 fully saturated rings. The monoisotopic (exact) mass is 329 g/mol. The summed E-state index contributed by atoms with van der Waals surface area (Å²) in [6, 6.07) is 9.46. The van der Waals surface area contributed by atoms with Gasteiger partial charge in [0, 0.05) is 6.42 Å². The highest BCUT2D eigenvalue weighted by atomic mass is 16.6. The molecule has 1 aliphatic rings. The topological polar surface area (TPSA) is 94.8 Å². The van der Waals surface area contributed by atoms with Crippen LogP contribution in [0.2, 0.25) is 0 Å². The molecule has 1 aromatic carbocycles. The maximum atomic E-state index is 12.3. The van der Waals surface area contributed by atoms with Gasteiger partial charge < -0.3 is 19.2 Å². The number of para-hydroxylation sites is 1. The first-order valence-corrected chi connectivity index (χ1v) is 7.40. The van der Waals surface area contributed by atoms with Gasteiger partial charge in [-0.15, -0.1) is 0 Å². The summed E-state index contributed by atoms with van der Waals surface area (Å²) in [4.78, 5) is 36.0. The van der Waals surface area contributed by atoms with Crippen molar-refractivity contribution in [3.8, 4) is 0 Å². The Balaban J connectivity index is 1.75. The van der Waals surface area contributed by atoms with Crippen molar-refractivity contribution in [3.05, 3.63) is 54.0 Å². The van der Waals surface area contributed by atoms with Crippen LogP contribution in [0.15, 0.2) is 47.1 Å². The molecule has 1 aromatic heterocycles. The molecule has 1 aliphatic heterocycles. The van der Waals surface area contributed by atoms with Gasteiger partial charge in [-0.25, -0.2) is 9.59 Å². The van der Waals surface area contributed by atoms with E-state index in [4.69, 9.17) is 13.9 Å². The van der Waals surface area contributed by atoms with Crippen molar-refractivity contribution in [2.75, 3.05) is 5.32 Å². The van der Waals surface area contributed by atoms with Gasteiger partial charge in [-0.2, -0.15) is 0 Å². The van der Waals surface area contributed by atoms with Crippen LogP contribution in [-0.2, 0) is 14.3 Å². The van der Waals surface area contributed by atoms with Crippen LogP contribution in [0.4, 0.5) is 5.69 Å². The lowest BCUT2D eigenvalue weighted by Crippen LogP contribution is -2.23. The molecule has 2 heterocycles. The molecule has 1 saturated heterocycles. The van der Waals surface area contributed by atoms with Gasteiger partial charge in [0.2, 0.25) is 6.10 Å². The van der Waals surface area contributed by atoms with E-state index in [-0.39, 0.29) is 23.1 Å². The number of benzene rings is 1. The summed E-state index contributed by atoms with van der Waals surface area (Å²) in [6.45, 7) is 1.73. The van der Waals surface area contributed by atoms with E-state index in [1.807, 2.05) is 0 Å². The fraction of sp³-hybridized carbons (Fsp3) is 0.235. The first-order valence-electron chi connectivity index (χ1n) is 7.40. The van der Waals surface area contributed by atoms with Gasteiger partial charge in [-0.1, -0.05) is 12.1 Å². The minimum Gasteiger partial charge on any atom is -0.460 e. The zero-order valence-corrected chi connectivity index (χ0v) is 12.9. The molecular formula is C17H15NO6. The van der Waals surface area contributed by atoms with E-state index in [1.54, 1.807) is 31.2 Å². The molecule has 124 valence electrons. The van der Waals surface area contributed by atoms with E-state index in [0.717, 1.165) is 0 Å². The summed E-state index contributed by atoms with van der Waals surface area (Å²) < 4.78 is 15.2. The molecular weight excluding hydrogens is 314 g/mol. The van der Waals surface area contributed by atoms with Gasteiger partial charge in [0.1, 0.15) is 6.10 Å². The standard InChI is InChI=1S/C17H15NO6/c1-10-9-14(17(21)23-10)24-16(20)11-5-2-3-6-12(11)18-15(19)13-7-4-8-22-13/h2-8,10,14H,9H2,1H3,(H,18,19)/t10-,14-/m1/s1. The Kier molecular flexibility index (Phi) is 4.33. The fourth-order valence-electron chi connectivity index (χ4n) is 2.37. The second kappa shape index (κ2) is 6.57. The Hall–Kier alpha value is -3.09. The van der Waals surface area contributed by atoms with E-state index in [1.165, 1.54) is 18.4 Å². The van der Waals surface area contributed by atoms with Gasteiger partial charge in [-0.05, 0) is 31.2 Å². The number of hydrogen-bond acceptors (Lipinski definition) is 6. The van der Waals surface area contributed by atoms with Crippen LogP contribution < -0.4 is 5.32 Å². The number of cyclic esters (lactones) is 1. The lowest BCUT2D eigenvalue weighted by molar-refractivity contribution is -0.147. The molecule has 1 amide bonds. The Morgan fingerprint density at radius 3 is 2.67 bits per heavy atom. The minimum absolute atomic E-state index is 0.117. The number of carbonyl (C=O) groups excluding carboxylic acids is 3. The van der Waals surface area contributed by atoms with Crippen molar-refractivity contribution in [2.45, 2.75) is 25.6 Å². The van der Waals surface area contributed by atoms with Gasteiger partial charge in [0.05, 0.1) is 17.5 Å². The first kappa shape index (κ1) is 15.8.